The molecule has 0 atom stereocenters. The number of nitrogens with one attached hydrogen (secondary N) is 2. The Morgan fingerprint density at radius 1 is 0.971 bits per heavy atom. The molecule has 1 aliphatic heterocycles. The molecule has 5 heterocycles. The summed E-state index contributed by atoms with van der Waals surface area (Å²) in [5, 5.41) is 6.67. The molecule has 1 saturated heterocycles. The molecule has 0 unspecified atom stereocenters. The average Bonchev–Trinajstić information content (AvgIpc) is 3.32. The van der Waals surface area contributed by atoms with Crippen molar-refractivity contribution in [2.45, 2.75) is 20.8 Å². The first-order chi connectivity index (χ1) is 16.9. The molecule has 0 amide bonds. The second-order valence-electron chi connectivity index (χ2n) is 9.63. The summed E-state index contributed by atoms with van der Waals surface area (Å²) in [6.07, 6.45) is 7.37. The van der Waals surface area contributed by atoms with Gasteiger partial charge < -0.3 is 29.4 Å². The van der Waals surface area contributed by atoms with Crippen LogP contribution in [0.3, 0.4) is 0 Å². The molecule has 5 rings (SSSR count). The molecule has 0 spiro atoms. The van der Waals surface area contributed by atoms with Crippen LogP contribution in [0.5, 0.6) is 5.88 Å². The number of hydrogen-bond acceptors (Lipinski definition) is 9. The van der Waals surface area contributed by atoms with Crippen molar-refractivity contribution in [3.05, 3.63) is 55.1 Å². The van der Waals surface area contributed by atoms with Gasteiger partial charge in [0.2, 0.25) is 11.8 Å². The summed E-state index contributed by atoms with van der Waals surface area (Å²) in [6, 6.07) is 9.67. The lowest BCUT2D eigenvalue weighted by Crippen LogP contribution is -2.36. The van der Waals surface area contributed by atoms with Crippen LogP contribution in [0.15, 0.2) is 55.1 Å². The van der Waals surface area contributed by atoms with Gasteiger partial charge in [0.15, 0.2) is 0 Å². The Bertz CT molecular complexity index is 1280. The largest absolute Gasteiger partial charge is 0.477 e. The van der Waals surface area contributed by atoms with E-state index in [1.807, 2.05) is 47.1 Å². The number of fused-ring (bicyclic) bond motifs is 1. The van der Waals surface area contributed by atoms with E-state index >= 15 is 0 Å². The van der Waals surface area contributed by atoms with Crippen LogP contribution in [-0.4, -0.2) is 57.2 Å². The van der Waals surface area contributed by atoms with Crippen molar-refractivity contribution in [3.8, 4) is 5.88 Å². The summed E-state index contributed by atoms with van der Waals surface area (Å²) in [5.74, 6) is 2.57. The van der Waals surface area contributed by atoms with E-state index < -0.39 is 0 Å². The van der Waals surface area contributed by atoms with Crippen LogP contribution >= 0.6 is 0 Å². The number of nitrogens with zero attached hydrogens (tertiary/aromatic N) is 6. The summed E-state index contributed by atoms with van der Waals surface area (Å²) >= 11 is 0. The highest BCUT2D eigenvalue weighted by molar-refractivity contribution is 5.66. The summed E-state index contributed by atoms with van der Waals surface area (Å²) in [6.45, 7) is 9.87. The number of ether oxygens (including phenoxy) is 2. The Kier molecular flexibility index (Phi) is 6.37. The molecule has 35 heavy (non-hydrogen) atoms. The molecular weight excluding hydrogens is 444 g/mol. The number of aromatic nitrogens is 5. The summed E-state index contributed by atoms with van der Waals surface area (Å²) in [7, 11) is 0. The quantitative estimate of drug-likeness (QED) is 0.407. The smallest absolute Gasteiger partial charge is 0.231 e. The fraction of sp³-hybridized carbons (Fsp3) is 0.360. The van der Waals surface area contributed by atoms with Crippen LogP contribution < -0.4 is 20.3 Å². The van der Waals surface area contributed by atoms with Gasteiger partial charge in [0.1, 0.15) is 17.3 Å². The zero-order chi connectivity index (χ0) is 24.3. The Hall–Kier alpha value is -3.92. The van der Waals surface area contributed by atoms with Gasteiger partial charge in [-0.3, -0.25) is 0 Å². The van der Waals surface area contributed by atoms with Crippen molar-refractivity contribution in [3.63, 3.8) is 0 Å². The summed E-state index contributed by atoms with van der Waals surface area (Å²) in [4.78, 5) is 20.4. The topological polar surface area (TPSA) is 102 Å². The van der Waals surface area contributed by atoms with Crippen LogP contribution in [0.4, 0.5) is 29.0 Å². The molecule has 10 heteroatoms. The van der Waals surface area contributed by atoms with Crippen LogP contribution in [0, 0.1) is 5.41 Å². The SMILES string of the molecule is CC(C)(C)COc1ccc(Nc2nc(Nc3ccn4ccnc4c3)cc(N3CCOCC3)n2)cn1. The van der Waals surface area contributed by atoms with Crippen molar-refractivity contribution in [2.75, 3.05) is 48.4 Å². The van der Waals surface area contributed by atoms with Crippen LogP contribution in [0.2, 0.25) is 0 Å². The number of pyridine rings is 2. The number of imidazole rings is 1. The van der Waals surface area contributed by atoms with Crippen molar-refractivity contribution in [1.82, 2.24) is 24.3 Å². The molecule has 0 aliphatic carbocycles. The normalized spacial score (nSPS) is 14.2. The number of morpholine rings is 1. The van der Waals surface area contributed by atoms with Gasteiger partial charge in [-0.25, -0.2) is 9.97 Å². The molecule has 182 valence electrons. The van der Waals surface area contributed by atoms with Crippen molar-refractivity contribution in [2.24, 2.45) is 5.41 Å². The molecule has 0 aromatic carbocycles. The van der Waals surface area contributed by atoms with Crippen LogP contribution in [0.25, 0.3) is 5.65 Å². The Morgan fingerprint density at radius 3 is 2.60 bits per heavy atom. The van der Waals surface area contributed by atoms with E-state index in [-0.39, 0.29) is 5.41 Å². The van der Waals surface area contributed by atoms with Gasteiger partial charge >= 0.3 is 0 Å². The van der Waals surface area contributed by atoms with E-state index in [9.17, 15) is 0 Å². The van der Waals surface area contributed by atoms with E-state index in [1.165, 1.54) is 0 Å². The first-order valence-corrected chi connectivity index (χ1v) is 11.7. The predicted octanol–water partition coefficient (Wildman–Crippen LogP) is 4.27. The molecule has 0 bridgehead atoms. The minimum absolute atomic E-state index is 0.0674. The monoisotopic (exact) mass is 474 g/mol. The third kappa shape index (κ3) is 5.96. The Balaban J connectivity index is 1.37. The minimum Gasteiger partial charge on any atom is -0.477 e. The van der Waals surface area contributed by atoms with Crippen molar-refractivity contribution < 1.29 is 9.47 Å². The molecule has 4 aromatic rings. The maximum absolute atomic E-state index is 5.78. The highest BCUT2D eigenvalue weighted by Crippen LogP contribution is 2.25. The van der Waals surface area contributed by atoms with Crippen molar-refractivity contribution in [1.29, 1.82) is 0 Å². The fourth-order valence-electron chi connectivity index (χ4n) is 3.60. The molecule has 1 fully saturated rings. The lowest BCUT2D eigenvalue weighted by molar-refractivity contribution is 0.122. The van der Waals surface area contributed by atoms with E-state index in [1.54, 1.807) is 12.4 Å². The predicted molar refractivity (Wildman–Crippen MR) is 136 cm³/mol. The molecule has 0 saturated carbocycles. The van der Waals surface area contributed by atoms with Gasteiger partial charge in [0.05, 0.1) is 31.7 Å². The van der Waals surface area contributed by atoms with Gasteiger partial charge in [-0.05, 0) is 17.5 Å². The maximum atomic E-state index is 5.78. The molecule has 0 radical (unpaired) electrons. The number of hydrogen-bond donors (Lipinski definition) is 2. The lowest BCUT2D eigenvalue weighted by Gasteiger charge is -2.28. The minimum atomic E-state index is 0.0674. The summed E-state index contributed by atoms with van der Waals surface area (Å²) in [5.41, 5.74) is 2.59. The van der Waals surface area contributed by atoms with Gasteiger partial charge in [-0.1, -0.05) is 20.8 Å². The van der Waals surface area contributed by atoms with Crippen molar-refractivity contribution >= 4 is 34.6 Å². The molecule has 1 aliphatic rings. The summed E-state index contributed by atoms with van der Waals surface area (Å²) < 4.78 is 13.2. The molecule has 10 nitrogen and oxygen atoms in total. The standard InChI is InChI=1S/C25H30N8O2/c1-25(2,3)17-35-23-5-4-19(16-27-23)29-24-30-20(15-22(31-24)33-10-12-34-13-11-33)28-18-6-8-32-9-7-26-21(32)14-18/h4-9,14-16H,10-13,17H2,1-3H3,(H2,28,29,30,31). The zero-order valence-electron chi connectivity index (χ0n) is 20.2. The highest BCUT2D eigenvalue weighted by atomic mass is 16.5. The zero-order valence-corrected chi connectivity index (χ0v) is 20.2. The second kappa shape index (κ2) is 9.75. The third-order valence-corrected chi connectivity index (χ3v) is 5.36. The molecular formula is C25H30N8O2. The Labute approximate surface area is 204 Å². The third-order valence-electron chi connectivity index (χ3n) is 5.36. The van der Waals surface area contributed by atoms with Crippen LogP contribution in [0.1, 0.15) is 20.8 Å². The highest BCUT2D eigenvalue weighted by Gasteiger charge is 2.16. The van der Waals surface area contributed by atoms with Gasteiger partial charge in [0, 0.05) is 55.6 Å². The van der Waals surface area contributed by atoms with Gasteiger partial charge in [0.25, 0.3) is 0 Å². The van der Waals surface area contributed by atoms with E-state index in [2.05, 4.69) is 46.3 Å². The Morgan fingerprint density at radius 2 is 1.83 bits per heavy atom. The lowest BCUT2D eigenvalue weighted by atomic mass is 9.99. The van der Waals surface area contributed by atoms with Gasteiger partial charge in [-0.15, -0.1) is 0 Å². The molecule has 4 aromatic heterocycles. The van der Waals surface area contributed by atoms with Crippen LogP contribution in [-0.2, 0) is 4.74 Å². The first-order valence-electron chi connectivity index (χ1n) is 11.7. The maximum Gasteiger partial charge on any atom is 0.231 e. The molecule has 2 N–H and O–H groups in total. The average molecular weight is 475 g/mol. The first kappa shape index (κ1) is 22.9. The number of anilines is 5. The second-order valence-corrected chi connectivity index (χ2v) is 9.63. The van der Waals surface area contributed by atoms with E-state index in [4.69, 9.17) is 19.4 Å². The fourth-order valence-corrected chi connectivity index (χ4v) is 3.60. The van der Waals surface area contributed by atoms with E-state index in [0.717, 1.165) is 35.9 Å². The van der Waals surface area contributed by atoms with Gasteiger partial charge in [-0.2, -0.15) is 9.97 Å². The van der Waals surface area contributed by atoms with E-state index in [0.29, 0.717) is 37.5 Å². The number of rotatable bonds is 7.